The molecular weight excluding hydrogens is 418 g/mol. The number of hydrogen-bond acceptors (Lipinski definition) is 4. The van der Waals surface area contributed by atoms with E-state index in [1.807, 2.05) is 85.8 Å². The number of oxime groups is 1. The summed E-state index contributed by atoms with van der Waals surface area (Å²) in [5.74, 6) is -0.252. The normalized spacial score (nSPS) is 13.0. The van der Waals surface area contributed by atoms with Gasteiger partial charge in [-0.15, -0.1) is 0 Å². The van der Waals surface area contributed by atoms with Crippen LogP contribution in [0.4, 0.5) is 0 Å². The molecule has 0 saturated heterocycles. The average molecular weight is 444 g/mol. The lowest BCUT2D eigenvalue weighted by atomic mass is 10.1. The summed E-state index contributed by atoms with van der Waals surface area (Å²) in [5, 5.41) is 4.22. The Bertz CT molecular complexity index is 1290. The molecule has 1 atom stereocenters. The van der Waals surface area contributed by atoms with Crippen molar-refractivity contribution in [2.24, 2.45) is 10.1 Å². The summed E-state index contributed by atoms with van der Waals surface area (Å²) in [6.07, 6.45) is 2.57. The number of benzene rings is 3. The van der Waals surface area contributed by atoms with E-state index in [-0.39, 0.29) is 11.9 Å². The Morgan fingerprint density at radius 1 is 1.03 bits per heavy atom. The Hall–Kier alpha value is -3.51. The second-order valence-electron chi connectivity index (χ2n) is 7.49. The highest BCUT2D eigenvalue weighted by molar-refractivity contribution is 7.16. The van der Waals surface area contributed by atoms with E-state index in [2.05, 4.69) is 21.6 Å². The van der Waals surface area contributed by atoms with E-state index in [1.54, 1.807) is 6.21 Å². The fraction of sp³-hybridized carbons (Fsp3) is 0.192. The van der Waals surface area contributed by atoms with Gasteiger partial charge in [0.2, 0.25) is 0 Å². The lowest BCUT2D eigenvalue weighted by Crippen LogP contribution is -2.23. The number of nitrogens with zero attached hydrogens (tertiary/aromatic N) is 3. The van der Waals surface area contributed by atoms with Crippen LogP contribution in [0.25, 0.3) is 10.2 Å². The van der Waals surface area contributed by atoms with Crippen molar-refractivity contribution < 1.29 is 9.63 Å². The lowest BCUT2D eigenvalue weighted by Gasteiger charge is -2.13. The molecule has 1 unspecified atom stereocenters. The number of fused-ring (bicyclic) bond motifs is 1. The van der Waals surface area contributed by atoms with Crippen molar-refractivity contribution in [2.75, 3.05) is 0 Å². The van der Waals surface area contributed by atoms with Crippen LogP contribution in [0.1, 0.15) is 40.9 Å². The topological polar surface area (TPSA) is 55.9 Å². The maximum Gasteiger partial charge on any atom is 0.279 e. The first-order chi connectivity index (χ1) is 15.7. The largest absolute Gasteiger partial charge is 0.391 e. The summed E-state index contributed by atoms with van der Waals surface area (Å²) in [6, 6.07) is 25.4. The standard InChI is InChI=1S/C26H25N3O2S/c1-3-22(17-27-31-18-20-9-5-4-6-10-20)29-23-11-7-8-12-24(23)32-26(29)28-25(30)21-15-13-19(2)14-16-21/h4-17,22H,3,18H2,1-2H3. The number of carbonyl (C=O) groups excluding carboxylic acids is 1. The van der Waals surface area contributed by atoms with Crippen LogP contribution in [0, 0.1) is 6.92 Å². The van der Waals surface area contributed by atoms with Crippen molar-refractivity contribution in [3.63, 3.8) is 0 Å². The summed E-state index contributed by atoms with van der Waals surface area (Å²) >= 11 is 1.50. The average Bonchev–Trinajstić information content (AvgIpc) is 3.18. The summed E-state index contributed by atoms with van der Waals surface area (Å²) in [7, 11) is 0. The Kier molecular flexibility index (Phi) is 6.92. The van der Waals surface area contributed by atoms with Crippen LogP contribution in [-0.2, 0) is 11.4 Å². The zero-order valence-electron chi connectivity index (χ0n) is 18.1. The maximum absolute atomic E-state index is 12.9. The van der Waals surface area contributed by atoms with Crippen LogP contribution in [0.3, 0.4) is 0 Å². The number of hydrogen-bond donors (Lipinski definition) is 0. The van der Waals surface area contributed by atoms with Gasteiger partial charge >= 0.3 is 0 Å². The third-order valence-electron chi connectivity index (χ3n) is 5.16. The highest BCUT2D eigenvalue weighted by atomic mass is 32.1. The van der Waals surface area contributed by atoms with Gasteiger partial charge in [-0.05, 0) is 43.2 Å². The maximum atomic E-state index is 12.9. The van der Waals surface area contributed by atoms with Crippen molar-refractivity contribution in [1.82, 2.24) is 4.57 Å². The van der Waals surface area contributed by atoms with E-state index in [4.69, 9.17) is 4.84 Å². The molecule has 0 aliphatic rings. The first-order valence-corrected chi connectivity index (χ1v) is 11.4. The molecule has 4 rings (SSSR count). The molecule has 3 aromatic carbocycles. The minimum atomic E-state index is -0.252. The molecule has 1 aromatic heterocycles. The van der Waals surface area contributed by atoms with Gasteiger partial charge in [0.15, 0.2) is 4.80 Å². The molecule has 6 heteroatoms. The molecule has 162 valence electrons. The molecule has 4 aromatic rings. The number of carbonyl (C=O) groups is 1. The Labute approximate surface area is 191 Å². The second kappa shape index (κ2) is 10.2. The molecule has 0 fully saturated rings. The van der Waals surface area contributed by atoms with Crippen molar-refractivity contribution in [3.05, 3.63) is 100 Å². The van der Waals surface area contributed by atoms with Crippen LogP contribution >= 0.6 is 11.3 Å². The lowest BCUT2D eigenvalue weighted by molar-refractivity contribution is 0.0997. The van der Waals surface area contributed by atoms with Crippen LogP contribution in [0.2, 0.25) is 0 Å². The quantitative estimate of drug-likeness (QED) is 0.263. The number of rotatable bonds is 7. The minimum Gasteiger partial charge on any atom is -0.391 e. The number of aromatic nitrogens is 1. The van der Waals surface area contributed by atoms with E-state index in [0.717, 1.165) is 27.8 Å². The highest BCUT2D eigenvalue weighted by Crippen LogP contribution is 2.22. The van der Waals surface area contributed by atoms with E-state index < -0.39 is 0 Å². The first-order valence-electron chi connectivity index (χ1n) is 10.6. The van der Waals surface area contributed by atoms with E-state index in [0.29, 0.717) is 17.0 Å². The molecule has 0 aliphatic heterocycles. The smallest absolute Gasteiger partial charge is 0.279 e. The molecule has 0 N–H and O–H groups in total. The van der Waals surface area contributed by atoms with E-state index in [1.165, 1.54) is 11.3 Å². The monoisotopic (exact) mass is 443 g/mol. The molecule has 1 amide bonds. The van der Waals surface area contributed by atoms with E-state index >= 15 is 0 Å². The minimum absolute atomic E-state index is 0.0912. The summed E-state index contributed by atoms with van der Waals surface area (Å²) in [4.78, 5) is 23.5. The number of aryl methyl sites for hydroxylation is 1. The van der Waals surface area contributed by atoms with Gasteiger partial charge in [0, 0.05) is 5.56 Å². The van der Waals surface area contributed by atoms with Gasteiger partial charge in [-0.3, -0.25) is 4.79 Å². The first kappa shape index (κ1) is 21.7. The molecule has 0 saturated carbocycles. The van der Waals surface area contributed by atoms with Crippen LogP contribution in [0.15, 0.2) is 89.0 Å². The highest BCUT2D eigenvalue weighted by Gasteiger charge is 2.15. The van der Waals surface area contributed by atoms with Gasteiger partial charge in [-0.1, -0.05) is 83.6 Å². The van der Waals surface area contributed by atoms with Crippen molar-refractivity contribution >= 4 is 33.7 Å². The molecule has 0 radical (unpaired) electrons. The molecule has 5 nitrogen and oxygen atoms in total. The Morgan fingerprint density at radius 3 is 2.50 bits per heavy atom. The van der Waals surface area contributed by atoms with Crippen LogP contribution < -0.4 is 4.80 Å². The summed E-state index contributed by atoms with van der Waals surface area (Å²) in [5.41, 5.74) is 3.77. The molecule has 32 heavy (non-hydrogen) atoms. The fourth-order valence-electron chi connectivity index (χ4n) is 3.39. The third kappa shape index (κ3) is 5.03. The van der Waals surface area contributed by atoms with E-state index in [9.17, 15) is 4.79 Å². The van der Waals surface area contributed by atoms with Crippen LogP contribution in [-0.4, -0.2) is 16.7 Å². The zero-order chi connectivity index (χ0) is 22.3. The molecule has 1 heterocycles. The summed E-state index contributed by atoms with van der Waals surface area (Å²) < 4.78 is 3.14. The summed E-state index contributed by atoms with van der Waals surface area (Å²) in [6.45, 7) is 4.49. The Balaban J connectivity index is 1.66. The molecule has 0 bridgehead atoms. The van der Waals surface area contributed by atoms with Gasteiger partial charge in [0.1, 0.15) is 6.61 Å². The SMILES string of the molecule is CCC(C=NOCc1ccccc1)n1c(=NC(=O)c2ccc(C)cc2)sc2ccccc21. The predicted molar refractivity (Wildman–Crippen MR) is 130 cm³/mol. The van der Waals surface area contributed by atoms with Crippen molar-refractivity contribution in [2.45, 2.75) is 32.9 Å². The van der Waals surface area contributed by atoms with Crippen LogP contribution in [0.5, 0.6) is 0 Å². The zero-order valence-corrected chi connectivity index (χ0v) is 19.0. The van der Waals surface area contributed by atoms with Gasteiger partial charge in [-0.2, -0.15) is 4.99 Å². The number of thiazole rings is 1. The van der Waals surface area contributed by atoms with Crippen molar-refractivity contribution in [3.8, 4) is 0 Å². The van der Waals surface area contributed by atoms with Gasteiger partial charge in [-0.25, -0.2) is 0 Å². The van der Waals surface area contributed by atoms with Gasteiger partial charge in [0.05, 0.1) is 22.5 Å². The van der Waals surface area contributed by atoms with Gasteiger partial charge in [0.25, 0.3) is 5.91 Å². The fourth-order valence-corrected chi connectivity index (χ4v) is 4.47. The Morgan fingerprint density at radius 2 is 1.75 bits per heavy atom. The molecule has 0 spiro atoms. The molecular formula is C26H25N3O2S. The van der Waals surface area contributed by atoms with Gasteiger partial charge < -0.3 is 9.40 Å². The third-order valence-corrected chi connectivity index (χ3v) is 6.19. The number of amides is 1. The number of para-hydroxylation sites is 1. The predicted octanol–water partition coefficient (Wildman–Crippen LogP) is 5.91. The molecule has 0 aliphatic carbocycles. The van der Waals surface area contributed by atoms with Crippen molar-refractivity contribution in [1.29, 1.82) is 0 Å². The second-order valence-corrected chi connectivity index (χ2v) is 8.50.